The van der Waals surface area contributed by atoms with Crippen molar-refractivity contribution >= 4 is 17.4 Å². The highest BCUT2D eigenvalue weighted by atomic mass is 19.1. The minimum Gasteiger partial charge on any atom is -0.351 e. The smallest absolute Gasteiger partial charge is 0.251 e. The Bertz CT molecular complexity index is 1100. The van der Waals surface area contributed by atoms with Gasteiger partial charge in [-0.25, -0.2) is 14.4 Å². The maximum Gasteiger partial charge on any atom is 0.251 e. The van der Waals surface area contributed by atoms with Crippen LogP contribution in [0.5, 0.6) is 0 Å². The highest BCUT2D eigenvalue weighted by Crippen LogP contribution is 2.20. The van der Waals surface area contributed by atoms with E-state index in [-0.39, 0.29) is 11.7 Å². The molecule has 0 atom stereocenters. The molecule has 1 aromatic heterocycles. The second-order valence-corrected chi connectivity index (χ2v) is 8.42. The van der Waals surface area contributed by atoms with E-state index in [0.29, 0.717) is 29.3 Å². The number of nitrogens with zero attached hydrogens (tertiary/aromatic N) is 4. The first-order valence-corrected chi connectivity index (χ1v) is 11.8. The molecule has 0 spiro atoms. The van der Waals surface area contributed by atoms with Crippen LogP contribution in [-0.2, 0) is 0 Å². The fraction of sp³-hybridized carbons (Fsp3) is 0.346. The molecule has 1 fully saturated rings. The molecule has 0 bridgehead atoms. The van der Waals surface area contributed by atoms with E-state index >= 15 is 0 Å². The molecule has 4 rings (SSSR count). The zero-order valence-corrected chi connectivity index (χ0v) is 19.5. The van der Waals surface area contributed by atoms with Crippen LogP contribution in [0.1, 0.15) is 23.7 Å². The van der Waals surface area contributed by atoms with Crippen LogP contribution in [0.4, 0.5) is 15.9 Å². The molecule has 0 aliphatic carbocycles. The van der Waals surface area contributed by atoms with E-state index in [0.717, 1.165) is 45.0 Å². The van der Waals surface area contributed by atoms with Crippen molar-refractivity contribution in [1.82, 2.24) is 25.1 Å². The van der Waals surface area contributed by atoms with E-state index in [2.05, 4.69) is 37.3 Å². The molecule has 1 saturated heterocycles. The van der Waals surface area contributed by atoms with E-state index in [1.807, 2.05) is 12.1 Å². The summed E-state index contributed by atoms with van der Waals surface area (Å²) in [6, 6.07) is 15.2. The van der Waals surface area contributed by atoms with Crippen molar-refractivity contribution in [2.75, 3.05) is 51.1 Å². The second kappa shape index (κ2) is 11.7. The third-order valence-electron chi connectivity index (χ3n) is 5.85. The molecule has 1 amide bonds. The van der Waals surface area contributed by atoms with E-state index in [1.54, 1.807) is 36.5 Å². The van der Waals surface area contributed by atoms with Crippen LogP contribution in [0, 0.1) is 5.82 Å². The molecule has 8 heteroatoms. The molecule has 1 aliphatic rings. The summed E-state index contributed by atoms with van der Waals surface area (Å²) in [5, 5.41) is 6.23. The Hall–Kier alpha value is -3.36. The van der Waals surface area contributed by atoms with Gasteiger partial charge >= 0.3 is 0 Å². The highest BCUT2D eigenvalue weighted by Gasteiger charge is 2.16. The molecule has 2 N–H and O–H groups in total. The van der Waals surface area contributed by atoms with Crippen LogP contribution < -0.4 is 10.6 Å². The Kier molecular flexibility index (Phi) is 8.17. The number of aromatic nitrogens is 2. The summed E-state index contributed by atoms with van der Waals surface area (Å²) >= 11 is 0. The maximum atomic E-state index is 13.5. The number of hydrogen-bond donors (Lipinski definition) is 2. The van der Waals surface area contributed by atoms with Crippen LogP contribution in [0.15, 0.2) is 60.8 Å². The molecule has 0 saturated carbocycles. The lowest BCUT2D eigenvalue weighted by molar-refractivity contribution is 0.0936. The monoisotopic (exact) mass is 462 g/mol. The topological polar surface area (TPSA) is 73.4 Å². The average molecular weight is 463 g/mol. The summed E-state index contributed by atoms with van der Waals surface area (Å²) in [7, 11) is 0. The molecule has 34 heavy (non-hydrogen) atoms. The summed E-state index contributed by atoms with van der Waals surface area (Å²) in [5.41, 5.74) is 1.92. The summed E-state index contributed by atoms with van der Waals surface area (Å²) in [4.78, 5) is 26.3. The SMILES string of the molecule is CCCN1CCN(CCNC(=O)c2cccc(Nc3ccnc(-c4cccc(F)c4)n3)c2)CC1. The van der Waals surface area contributed by atoms with Gasteiger partial charge in [0.2, 0.25) is 0 Å². The number of anilines is 2. The number of carbonyl (C=O) groups is 1. The van der Waals surface area contributed by atoms with Crippen LogP contribution in [-0.4, -0.2) is 71.5 Å². The number of nitrogens with one attached hydrogen (secondary N) is 2. The Morgan fingerprint density at radius 3 is 2.53 bits per heavy atom. The molecule has 2 heterocycles. The molecule has 7 nitrogen and oxygen atoms in total. The average Bonchev–Trinajstić information content (AvgIpc) is 2.85. The lowest BCUT2D eigenvalue weighted by Crippen LogP contribution is -2.48. The van der Waals surface area contributed by atoms with Gasteiger partial charge < -0.3 is 15.5 Å². The lowest BCUT2D eigenvalue weighted by atomic mass is 10.2. The minimum absolute atomic E-state index is 0.101. The van der Waals surface area contributed by atoms with Gasteiger partial charge in [-0.2, -0.15) is 0 Å². The van der Waals surface area contributed by atoms with E-state index < -0.39 is 0 Å². The molecular formula is C26H31FN6O. The van der Waals surface area contributed by atoms with Gasteiger partial charge in [-0.15, -0.1) is 0 Å². The van der Waals surface area contributed by atoms with Gasteiger partial charge in [0.1, 0.15) is 11.6 Å². The summed E-state index contributed by atoms with van der Waals surface area (Å²) in [5.74, 6) is 0.552. The Balaban J connectivity index is 1.31. The number of amides is 1. The Labute approximate surface area is 200 Å². The first-order chi connectivity index (χ1) is 16.6. The predicted octanol–water partition coefficient (Wildman–Crippen LogP) is 3.78. The van der Waals surface area contributed by atoms with E-state index in [9.17, 15) is 9.18 Å². The van der Waals surface area contributed by atoms with Crippen LogP contribution in [0.2, 0.25) is 0 Å². The number of carbonyl (C=O) groups excluding carboxylic acids is 1. The summed E-state index contributed by atoms with van der Waals surface area (Å²) < 4.78 is 13.5. The van der Waals surface area contributed by atoms with Gasteiger partial charge in [-0.05, 0) is 49.4 Å². The Morgan fingerprint density at radius 2 is 1.76 bits per heavy atom. The maximum absolute atomic E-state index is 13.5. The first-order valence-electron chi connectivity index (χ1n) is 11.8. The zero-order chi connectivity index (χ0) is 23.8. The first kappa shape index (κ1) is 23.8. The molecular weight excluding hydrogens is 431 g/mol. The lowest BCUT2D eigenvalue weighted by Gasteiger charge is -2.34. The van der Waals surface area contributed by atoms with Crippen LogP contribution >= 0.6 is 0 Å². The number of rotatable bonds is 9. The van der Waals surface area contributed by atoms with Gasteiger partial charge in [-0.3, -0.25) is 9.69 Å². The van der Waals surface area contributed by atoms with E-state index in [1.165, 1.54) is 18.6 Å². The van der Waals surface area contributed by atoms with Crippen molar-refractivity contribution < 1.29 is 9.18 Å². The summed E-state index contributed by atoms with van der Waals surface area (Å²) in [6.07, 6.45) is 2.81. The molecule has 178 valence electrons. The third-order valence-corrected chi connectivity index (χ3v) is 5.85. The minimum atomic E-state index is -0.336. The standard InChI is InChI=1S/C26H31FN6O/c1-2-12-32-14-16-33(17-15-32)13-11-29-26(34)21-6-4-8-23(19-21)30-24-9-10-28-25(31-24)20-5-3-7-22(27)18-20/h3-10,18-19H,2,11-17H2,1H3,(H,29,34)(H,28,30,31). The number of halogens is 1. The van der Waals surface area contributed by atoms with Crippen molar-refractivity contribution in [3.8, 4) is 11.4 Å². The van der Waals surface area contributed by atoms with Crippen molar-refractivity contribution in [3.63, 3.8) is 0 Å². The zero-order valence-electron chi connectivity index (χ0n) is 19.5. The normalized spacial score (nSPS) is 14.6. The van der Waals surface area contributed by atoms with Gasteiger partial charge in [0.25, 0.3) is 5.91 Å². The number of hydrogen-bond acceptors (Lipinski definition) is 6. The van der Waals surface area contributed by atoms with Gasteiger partial charge in [0, 0.05) is 62.3 Å². The van der Waals surface area contributed by atoms with Crippen molar-refractivity contribution in [2.45, 2.75) is 13.3 Å². The largest absolute Gasteiger partial charge is 0.351 e. The van der Waals surface area contributed by atoms with Crippen molar-refractivity contribution in [3.05, 3.63) is 72.2 Å². The number of benzene rings is 2. The molecule has 3 aromatic rings. The molecule has 2 aromatic carbocycles. The predicted molar refractivity (Wildman–Crippen MR) is 133 cm³/mol. The van der Waals surface area contributed by atoms with Crippen molar-refractivity contribution in [1.29, 1.82) is 0 Å². The van der Waals surface area contributed by atoms with Crippen LogP contribution in [0.25, 0.3) is 11.4 Å². The molecule has 1 aliphatic heterocycles. The number of piperazine rings is 1. The summed E-state index contributed by atoms with van der Waals surface area (Å²) in [6.45, 7) is 9.14. The van der Waals surface area contributed by atoms with E-state index in [4.69, 9.17) is 0 Å². The van der Waals surface area contributed by atoms with Gasteiger partial charge in [-0.1, -0.05) is 25.1 Å². The second-order valence-electron chi connectivity index (χ2n) is 8.42. The van der Waals surface area contributed by atoms with Crippen LogP contribution in [0.3, 0.4) is 0 Å². The van der Waals surface area contributed by atoms with Gasteiger partial charge in [0.05, 0.1) is 0 Å². The van der Waals surface area contributed by atoms with Crippen molar-refractivity contribution in [2.24, 2.45) is 0 Å². The quantitative estimate of drug-likeness (QED) is 0.504. The molecule has 0 radical (unpaired) electrons. The van der Waals surface area contributed by atoms with Gasteiger partial charge in [0.15, 0.2) is 5.82 Å². The highest BCUT2D eigenvalue weighted by molar-refractivity contribution is 5.95. The molecule has 0 unspecified atom stereocenters. The fourth-order valence-electron chi connectivity index (χ4n) is 4.06. The Morgan fingerprint density at radius 1 is 1.00 bits per heavy atom. The third kappa shape index (κ3) is 6.59. The fourth-order valence-corrected chi connectivity index (χ4v) is 4.06.